The Labute approximate surface area is 290 Å². The lowest BCUT2D eigenvalue weighted by Crippen LogP contribution is -2.62. The summed E-state index contributed by atoms with van der Waals surface area (Å²) in [6.45, 7) is 10.8. The number of hydrogen-bond donors (Lipinski definition) is 4. The van der Waals surface area contributed by atoms with Gasteiger partial charge >= 0.3 is 0 Å². The van der Waals surface area contributed by atoms with Crippen molar-refractivity contribution in [1.82, 2.24) is 15.7 Å². The maximum Gasteiger partial charge on any atom is 0.251 e. The van der Waals surface area contributed by atoms with Crippen molar-refractivity contribution in [2.45, 2.75) is 84.7 Å². The van der Waals surface area contributed by atoms with Crippen LogP contribution >= 0.6 is 11.6 Å². The van der Waals surface area contributed by atoms with Gasteiger partial charge in [-0.05, 0) is 85.3 Å². The molecule has 0 aromatic heterocycles. The first-order valence-electron chi connectivity index (χ1n) is 17.2. The Hall–Kier alpha value is -2.89. The fourth-order valence-electron chi connectivity index (χ4n) is 8.37. The van der Waals surface area contributed by atoms with Gasteiger partial charge in [-0.15, -0.1) is 0 Å². The highest BCUT2D eigenvalue weighted by Gasteiger charge is 2.57. The van der Waals surface area contributed by atoms with Crippen LogP contribution in [0.15, 0.2) is 30.3 Å². The van der Waals surface area contributed by atoms with Gasteiger partial charge in [-0.25, -0.2) is 0 Å². The number of rotatable bonds is 12. The quantitative estimate of drug-likeness (QED) is 0.250. The van der Waals surface area contributed by atoms with Gasteiger partial charge in [0, 0.05) is 60.0 Å². The van der Waals surface area contributed by atoms with E-state index in [-0.39, 0.29) is 36.4 Å². The highest BCUT2D eigenvalue weighted by atomic mass is 35.5. The number of ether oxygens (including phenoxy) is 1. The summed E-state index contributed by atoms with van der Waals surface area (Å²) < 4.78 is 6.00. The predicted molar refractivity (Wildman–Crippen MR) is 188 cm³/mol. The summed E-state index contributed by atoms with van der Waals surface area (Å²) in [6.07, 6.45) is 1.25. The summed E-state index contributed by atoms with van der Waals surface area (Å²) in [7, 11) is 5.40. The van der Waals surface area contributed by atoms with Crippen molar-refractivity contribution in [3.05, 3.63) is 46.5 Å². The zero-order valence-electron chi connectivity index (χ0n) is 29.5. The summed E-state index contributed by atoms with van der Waals surface area (Å²) in [4.78, 5) is 35.4. The van der Waals surface area contributed by atoms with E-state index >= 15 is 0 Å². The lowest BCUT2D eigenvalue weighted by molar-refractivity contribution is -0.183. The number of fused-ring (bicyclic) bond motifs is 2. The molecule has 1 saturated heterocycles. The molecule has 1 heterocycles. The van der Waals surface area contributed by atoms with Crippen LogP contribution in [0.5, 0.6) is 5.75 Å². The lowest BCUT2D eigenvalue weighted by Gasteiger charge is -2.62. The van der Waals surface area contributed by atoms with Crippen LogP contribution in [0.25, 0.3) is 11.1 Å². The van der Waals surface area contributed by atoms with E-state index in [1.165, 1.54) is 6.42 Å². The van der Waals surface area contributed by atoms with E-state index in [0.717, 1.165) is 24.1 Å². The van der Waals surface area contributed by atoms with Crippen LogP contribution in [0.3, 0.4) is 0 Å². The second kappa shape index (κ2) is 14.5. The lowest BCUT2D eigenvalue weighted by atomic mass is 9.45. The summed E-state index contributed by atoms with van der Waals surface area (Å²) >= 11 is 6.74. The van der Waals surface area contributed by atoms with E-state index in [1.807, 2.05) is 44.1 Å². The van der Waals surface area contributed by atoms with Crippen LogP contribution in [0.4, 0.5) is 5.69 Å². The fourth-order valence-corrected chi connectivity index (χ4v) is 8.61. The number of carbonyl (C=O) groups excluding carboxylic acids is 2. The van der Waals surface area contributed by atoms with Crippen molar-refractivity contribution >= 4 is 29.1 Å². The molecule has 2 aromatic carbocycles. The van der Waals surface area contributed by atoms with E-state index in [9.17, 15) is 19.8 Å². The molecule has 6 rings (SSSR count). The second-order valence-corrected chi connectivity index (χ2v) is 15.2. The number of hydroxylamine groups is 2. The first-order valence-corrected chi connectivity index (χ1v) is 17.6. The minimum Gasteiger partial charge on any atom is -0.496 e. The Morgan fingerprint density at radius 3 is 2.50 bits per heavy atom. The van der Waals surface area contributed by atoms with Gasteiger partial charge < -0.3 is 30.5 Å². The van der Waals surface area contributed by atoms with Crippen molar-refractivity contribution in [3.63, 3.8) is 0 Å². The summed E-state index contributed by atoms with van der Waals surface area (Å²) in [6, 6.07) is 8.37. The molecule has 11 heteroatoms. The van der Waals surface area contributed by atoms with Crippen molar-refractivity contribution in [2.75, 3.05) is 39.3 Å². The van der Waals surface area contributed by atoms with Crippen molar-refractivity contribution in [1.29, 1.82) is 0 Å². The Morgan fingerprint density at radius 2 is 1.92 bits per heavy atom. The van der Waals surface area contributed by atoms with Gasteiger partial charge in [0.25, 0.3) is 5.91 Å². The Bertz CT molecular complexity index is 1500. The molecule has 2 aromatic rings. The van der Waals surface area contributed by atoms with Crippen molar-refractivity contribution < 1.29 is 29.4 Å². The average Bonchev–Trinajstić information content (AvgIpc) is 3.42. The number of anilines is 1. The molecule has 48 heavy (non-hydrogen) atoms. The number of benzene rings is 2. The normalized spacial score (nSPS) is 28.4. The van der Waals surface area contributed by atoms with E-state index in [1.54, 1.807) is 31.2 Å². The van der Waals surface area contributed by atoms with Gasteiger partial charge in [-0.3, -0.25) is 14.4 Å². The SMILES string of the molecule is CCCNC(=O)c1cc(-c2cc(Cl)cc(CN3O[C@@H](CO)[C@@H]([C@H](C)O)[C@H]3C(=O)N[C@H]3C[C@H]4C[C@@H]([C@@H]3C)C4(C)C)c2OC)cc(N(C)C)c1. The number of carbonyl (C=O) groups is 2. The Morgan fingerprint density at radius 1 is 1.19 bits per heavy atom. The minimum absolute atomic E-state index is 0.0268. The van der Waals surface area contributed by atoms with Crippen LogP contribution in [-0.4, -0.2) is 85.7 Å². The molecule has 1 aliphatic heterocycles. The summed E-state index contributed by atoms with van der Waals surface area (Å²) in [5.41, 5.74) is 3.69. The van der Waals surface area contributed by atoms with E-state index in [2.05, 4.69) is 31.4 Å². The molecule has 4 aliphatic rings. The summed E-state index contributed by atoms with van der Waals surface area (Å²) in [5, 5.41) is 29.5. The van der Waals surface area contributed by atoms with Crippen molar-refractivity contribution in [3.8, 4) is 16.9 Å². The molecular weight excluding hydrogens is 632 g/mol. The second-order valence-electron chi connectivity index (χ2n) is 14.8. The first kappa shape index (κ1) is 36.4. The van der Waals surface area contributed by atoms with Crippen LogP contribution in [0.1, 0.15) is 69.8 Å². The number of nitrogens with zero attached hydrogens (tertiary/aromatic N) is 2. The third-order valence-electron chi connectivity index (χ3n) is 11.3. The van der Waals surface area contributed by atoms with Gasteiger partial charge in [0.1, 0.15) is 17.9 Å². The third kappa shape index (κ3) is 6.92. The molecule has 264 valence electrons. The fraction of sp³-hybridized carbons (Fsp3) is 0.622. The monoisotopic (exact) mass is 684 g/mol. The molecule has 10 nitrogen and oxygen atoms in total. The molecule has 0 spiro atoms. The van der Waals surface area contributed by atoms with Crippen LogP contribution < -0.4 is 20.3 Å². The highest BCUT2D eigenvalue weighted by Crippen LogP contribution is 2.61. The molecule has 4 N–H and O–H groups in total. The third-order valence-corrected chi connectivity index (χ3v) is 11.5. The van der Waals surface area contributed by atoms with Crippen molar-refractivity contribution in [2.24, 2.45) is 29.1 Å². The number of methoxy groups -OCH3 is 1. The number of halogens is 1. The largest absolute Gasteiger partial charge is 0.496 e. The molecule has 8 atom stereocenters. The molecular formula is C37H53ClN4O6. The average molecular weight is 685 g/mol. The van der Waals surface area contributed by atoms with Gasteiger partial charge in [-0.2, -0.15) is 5.06 Å². The van der Waals surface area contributed by atoms with Gasteiger partial charge in [0.2, 0.25) is 5.91 Å². The highest BCUT2D eigenvalue weighted by molar-refractivity contribution is 6.31. The Balaban J connectivity index is 1.49. The number of aliphatic hydroxyl groups is 2. The zero-order chi connectivity index (χ0) is 35.1. The maximum atomic E-state index is 14.2. The molecule has 4 fully saturated rings. The number of amides is 2. The number of hydrogen-bond acceptors (Lipinski definition) is 8. The number of nitrogens with one attached hydrogen (secondary N) is 2. The topological polar surface area (TPSA) is 124 Å². The van der Waals surface area contributed by atoms with Gasteiger partial charge in [0.05, 0.1) is 26.4 Å². The van der Waals surface area contributed by atoms with Gasteiger partial charge in [0.15, 0.2) is 0 Å². The molecule has 3 saturated carbocycles. The van der Waals surface area contributed by atoms with Crippen LogP contribution in [-0.2, 0) is 16.2 Å². The summed E-state index contributed by atoms with van der Waals surface area (Å²) in [5.74, 6) is 0.897. The minimum atomic E-state index is -0.915. The van der Waals surface area contributed by atoms with Gasteiger partial charge in [-0.1, -0.05) is 39.3 Å². The predicted octanol–water partition coefficient (Wildman–Crippen LogP) is 4.88. The van der Waals surface area contributed by atoms with Crippen LogP contribution in [0.2, 0.25) is 5.02 Å². The molecule has 2 bridgehead atoms. The standard InChI is InChI=1S/C37H53ClN4O6/c1-9-10-39-35(45)23-11-22(13-27(14-23)41(6)7)28-17-26(38)12-24(34(28)47-8)18-42-33(32(21(3)44)31(19-43)48-42)36(46)40-30-16-25-15-29(20(30)2)37(25,4)5/h11-14,17,20-21,25,29-33,43-44H,9-10,15-16,18-19H2,1-8H3,(H,39,45)(H,40,46)/t20-,21-,25+,29-,30-,31-,32+,33-/m0/s1. The number of aliphatic hydroxyl groups excluding tert-OH is 2. The van der Waals surface area contributed by atoms with Crippen LogP contribution in [0, 0.1) is 29.1 Å². The van der Waals surface area contributed by atoms with E-state index in [0.29, 0.717) is 51.8 Å². The molecule has 0 radical (unpaired) electrons. The Kier molecular flexibility index (Phi) is 11.0. The first-order chi connectivity index (χ1) is 22.7. The molecule has 3 aliphatic carbocycles. The van der Waals surface area contributed by atoms with E-state index < -0.39 is 24.2 Å². The zero-order valence-corrected chi connectivity index (χ0v) is 30.3. The smallest absolute Gasteiger partial charge is 0.251 e. The maximum absolute atomic E-state index is 14.2. The van der Waals surface area contributed by atoms with E-state index in [4.69, 9.17) is 21.2 Å². The molecule has 2 amide bonds. The molecule has 0 unspecified atom stereocenters.